The first-order valence-electron chi connectivity index (χ1n) is 23.1. The number of anilines is 2. The Bertz CT molecular complexity index is 2590. The number of nitrogens with zero attached hydrogens (tertiary/aromatic N) is 6. The quantitative estimate of drug-likeness (QED) is 0.0716. The molecule has 4 aliphatic rings. The first kappa shape index (κ1) is 45.4. The number of fused-ring (bicyclic) bond motifs is 2. The molecule has 67 heavy (non-hydrogen) atoms. The van der Waals surface area contributed by atoms with E-state index in [2.05, 4.69) is 53.6 Å². The summed E-state index contributed by atoms with van der Waals surface area (Å²) >= 11 is 0. The van der Waals surface area contributed by atoms with Crippen molar-refractivity contribution in [1.82, 2.24) is 39.9 Å². The van der Waals surface area contributed by atoms with Crippen LogP contribution in [0.4, 0.5) is 11.5 Å². The van der Waals surface area contributed by atoms with Crippen LogP contribution < -0.4 is 26.4 Å². The number of hydrogen-bond donors (Lipinski definition) is 4. The van der Waals surface area contributed by atoms with Crippen molar-refractivity contribution in [3.05, 3.63) is 96.4 Å². The molecule has 18 heteroatoms. The summed E-state index contributed by atoms with van der Waals surface area (Å²) in [4.78, 5) is 78.0. The van der Waals surface area contributed by atoms with E-state index in [9.17, 15) is 24.0 Å². The van der Waals surface area contributed by atoms with E-state index in [4.69, 9.17) is 24.9 Å². The smallest absolute Gasteiger partial charge is 0.264 e. The number of nitrogen functional groups attached to an aromatic ring is 1. The highest BCUT2D eigenvalue weighted by molar-refractivity contribution is 6.25. The average molecular weight is 913 g/mol. The lowest BCUT2D eigenvalue weighted by Gasteiger charge is -2.42. The Morgan fingerprint density at radius 3 is 2.25 bits per heavy atom. The molecule has 1 saturated carbocycles. The molecule has 350 valence electrons. The lowest BCUT2D eigenvalue weighted by atomic mass is 9.89. The summed E-state index contributed by atoms with van der Waals surface area (Å²) in [6.07, 6.45) is 8.26. The lowest BCUT2D eigenvalue weighted by Crippen LogP contribution is -2.54. The zero-order valence-electron chi connectivity index (χ0n) is 37.4. The van der Waals surface area contributed by atoms with Gasteiger partial charge in [-0.3, -0.25) is 44.0 Å². The predicted molar refractivity (Wildman–Crippen MR) is 249 cm³/mol. The number of ether oxygens (including phenoxy) is 3. The van der Waals surface area contributed by atoms with Crippen LogP contribution >= 0.6 is 0 Å². The molecule has 3 fully saturated rings. The van der Waals surface area contributed by atoms with Gasteiger partial charge >= 0.3 is 0 Å². The molecule has 0 radical (unpaired) electrons. The summed E-state index contributed by atoms with van der Waals surface area (Å²) in [7, 11) is 0. The van der Waals surface area contributed by atoms with Crippen LogP contribution in [-0.4, -0.2) is 143 Å². The molecule has 1 aliphatic carbocycles. The van der Waals surface area contributed by atoms with E-state index in [0.717, 1.165) is 97.0 Å². The van der Waals surface area contributed by atoms with Crippen molar-refractivity contribution in [3.63, 3.8) is 0 Å². The van der Waals surface area contributed by atoms with Gasteiger partial charge in [-0.2, -0.15) is 0 Å². The number of imide groups is 2. The zero-order chi connectivity index (χ0) is 46.3. The molecule has 3 aliphatic heterocycles. The second-order valence-electron chi connectivity index (χ2n) is 17.3. The van der Waals surface area contributed by atoms with Crippen molar-refractivity contribution in [3.8, 4) is 22.6 Å². The van der Waals surface area contributed by atoms with Crippen molar-refractivity contribution in [2.24, 2.45) is 0 Å². The van der Waals surface area contributed by atoms with Crippen LogP contribution in [0.1, 0.15) is 65.3 Å². The van der Waals surface area contributed by atoms with Crippen molar-refractivity contribution in [2.75, 3.05) is 83.3 Å². The molecule has 1 atom stereocenters. The number of carbonyl (C=O) groups excluding carboxylic acids is 5. The molecular formula is C49H56N10O8. The SMILES string of the molecule is Nc1ncnc2c1c(-c1ccc(Oc3ccccc3)cc1)cn2[C@H]1CC[C@@H](N2CCN(CCOCCOCCNC(=O)CNc3cccc4c3C(=O)N(C3CCC(=O)NC3=O)C4=O)CC2)CC1. The minimum Gasteiger partial charge on any atom is -0.457 e. The van der Waals surface area contributed by atoms with Gasteiger partial charge in [0.05, 0.1) is 49.5 Å². The van der Waals surface area contributed by atoms with Crippen molar-refractivity contribution < 1.29 is 38.2 Å². The average Bonchev–Trinajstić information content (AvgIpc) is 3.86. The van der Waals surface area contributed by atoms with Crippen molar-refractivity contribution in [1.29, 1.82) is 0 Å². The van der Waals surface area contributed by atoms with Crippen molar-refractivity contribution >= 4 is 52.1 Å². The molecule has 1 unspecified atom stereocenters. The largest absolute Gasteiger partial charge is 0.457 e. The van der Waals surface area contributed by atoms with Crippen molar-refractivity contribution in [2.45, 2.75) is 56.7 Å². The van der Waals surface area contributed by atoms with Gasteiger partial charge in [-0.25, -0.2) is 9.97 Å². The van der Waals surface area contributed by atoms with E-state index in [1.807, 2.05) is 42.5 Å². The van der Waals surface area contributed by atoms with E-state index in [1.165, 1.54) is 6.07 Å². The molecule has 0 bridgehead atoms. The summed E-state index contributed by atoms with van der Waals surface area (Å²) < 4.78 is 19.9. The molecule has 18 nitrogen and oxygen atoms in total. The molecule has 5 heterocycles. The summed E-state index contributed by atoms with van der Waals surface area (Å²) in [6.45, 7) is 6.88. The number of piperidine rings is 1. The fourth-order valence-electron chi connectivity index (χ4n) is 9.66. The Balaban J connectivity index is 0.639. The fraction of sp³-hybridized carbons (Fsp3) is 0.408. The molecule has 3 aromatic carbocycles. The maximum absolute atomic E-state index is 13.3. The van der Waals surface area contributed by atoms with Gasteiger partial charge in [0.25, 0.3) is 11.8 Å². The molecule has 9 rings (SSSR count). The normalized spacial score (nSPS) is 20.2. The first-order valence-corrected chi connectivity index (χ1v) is 23.1. The number of rotatable bonds is 18. The third-order valence-electron chi connectivity index (χ3n) is 13.2. The molecule has 5 N–H and O–H groups in total. The molecule has 5 aromatic rings. The minimum absolute atomic E-state index is 0.0320. The number of hydrogen-bond acceptors (Lipinski definition) is 14. The van der Waals surface area contributed by atoms with E-state index >= 15 is 0 Å². The topological polar surface area (TPSA) is 216 Å². The van der Waals surface area contributed by atoms with Gasteiger partial charge in [0, 0.05) is 75.2 Å². The van der Waals surface area contributed by atoms with E-state index < -0.39 is 29.7 Å². The number of carbonyl (C=O) groups is 5. The maximum Gasteiger partial charge on any atom is 0.264 e. The Morgan fingerprint density at radius 2 is 1.49 bits per heavy atom. The van der Waals surface area contributed by atoms with Crippen LogP contribution in [0, 0.1) is 0 Å². The third-order valence-corrected chi connectivity index (χ3v) is 13.2. The van der Waals surface area contributed by atoms with Gasteiger partial charge in [0.1, 0.15) is 35.3 Å². The van der Waals surface area contributed by atoms with Crippen LogP contribution in [0.3, 0.4) is 0 Å². The molecule has 2 saturated heterocycles. The maximum atomic E-state index is 13.3. The number of aromatic nitrogens is 3. The number of piperazine rings is 1. The van der Waals surface area contributed by atoms with Crippen LogP contribution in [-0.2, 0) is 23.9 Å². The summed E-state index contributed by atoms with van der Waals surface area (Å²) in [6, 6.07) is 22.4. The molecular weight excluding hydrogens is 857 g/mol. The standard InChI is InChI=1S/C49H56N10O8/c50-45-44-38(32-9-15-36(16-10-32)67-35-5-2-1-3-6-35)30-58(46(44)54-31-53-45)34-13-11-33(12-14-34)57-22-20-56(21-23-57)24-26-66-28-27-65-25-19-51-42(61)29-52-39-8-4-7-37-43(39)49(64)59(48(37)63)40-17-18-41(60)55-47(40)62/h1-10,15-16,30-31,33-34,40,52H,11-14,17-29H2,(H,51,61)(H2,50,53,54)(H,55,60,62)/t33-,34+,40?. The molecule has 5 amide bonds. The van der Waals surface area contributed by atoms with Gasteiger partial charge in [0.15, 0.2) is 0 Å². The number of benzene rings is 3. The van der Waals surface area contributed by atoms with E-state index in [0.29, 0.717) is 50.0 Å². The van der Waals surface area contributed by atoms with Crippen LogP contribution in [0.2, 0.25) is 0 Å². The van der Waals surface area contributed by atoms with Gasteiger partial charge in [-0.1, -0.05) is 36.4 Å². The predicted octanol–water partition coefficient (Wildman–Crippen LogP) is 4.24. The monoisotopic (exact) mass is 912 g/mol. The Hall–Kier alpha value is -6.73. The molecule has 0 spiro atoms. The number of para-hydroxylation sites is 1. The second-order valence-corrected chi connectivity index (χ2v) is 17.3. The number of nitrogens with one attached hydrogen (secondary N) is 3. The highest BCUT2D eigenvalue weighted by Crippen LogP contribution is 2.40. The molecule has 2 aromatic heterocycles. The van der Waals surface area contributed by atoms with Gasteiger partial charge < -0.3 is 35.1 Å². The number of amides is 5. The van der Waals surface area contributed by atoms with Gasteiger partial charge in [-0.05, 0) is 74.1 Å². The van der Waals surface area contributed by atoms with Crippen LogP contribution in [0.25, 0.3) is 22.2 Å². The number of nitrogens with two attached hydrogens (primary N) is 1. The third kappa shape index (κ3) is 10.3. The summed E-state index contributed by atoms with van der Waals surface area (Å²) in [5.41, 5.74) is 9.98. The van der Waals surface area contributed by atoms with Gasteiger partial charge in [0.2, 0.25) is 17.7 Å². The summed E-state index contributed by atoms with van der Waals surface area (Å²) in [5, 5.41) is 8.79. The Labute approximate surface area is 388 Å². The zero-order valence-corrected chi connectivity index (χ0v) is 37.4. The second kappa shape index (κ2) is 20.8. The van der Waals surface area contributed by atoms with Crippen LogP contribution in [0.15, 0.2) is 85.3 Å². The Morgan fingerprint density at radius 1 is 0.761 bits per heavy atom. The highest BCUT2D eigenvalue weighted by atomic mass is 16.5. The highest BCUT2D eigenvalue weighted by Gasteiger charge is 2.45. The van der Waals surface area contributed by atoms with E-state index in [-0.39, 0.29) is 43.0 Å². The fourth-order valence-corrected chi connectivity index (χ4v) is 9.66. The van der Waals surface area contributed by atoms with Gasteiger partial charge in [-0.15, -0.1) is 0 Å². The Kier molecular flexibility index (Phi) is 14.1. The summed E-state index contributed by atoms with van der Waals surface area (Å²) in [5.74, 6) is -0.643. The van der Waals surface area contributed by atoms with E-state index in [1.54, 1.807) is 18.5 Å². The minimum atomic E-state index is -1.07. The lowest BCUT2D eigenvalue weighted by molar-refractivity contribution is -0.136. The first-order chi connectivity index (χ1) is 32.7. The van der Waals surface area contributed by atoms with Crippen LogP contribution in [0.5, 0.6) is 11.5 Å².